The predicted octanol–water partition coefficient (Wildman–Crippen LogP) is 8.72. The summed E-state index contributed by atoms with van der Waals surface area (Å²) in [6, 6.07) is 34.9. The average molecular weight is 492 g/mol. The lowest BCUT2D eigenvalue weighted by Gasteiger charge is -2.46. The van der Waals surface area contributed by atoms with Crippen molar-refractivity contribution in [1.82, 2.24) is 0 Å². The Bertz CT molecular complexity index is 1640. The molecule has 0 saturated carbocycles. The van der Waals surface area contributed by atoms with Gasteiger partial charge in [0.15, 0.2) is 0 Å². The Hall–Kier alpha value is -4.43. The van der Waals surface area contributed by atoms with Gasteiger partial charge in [0.25, 0.3) is 0 Å². The molecule has 1 unspecified atom stereocenters. The fraction of sp³-hybridized carbons (Fsp3) is 0.139. The fourth-order valence-corrected chi connectivity index (χ4v) is 6.67. The summed E-state index contributed by atoms with van der Waals surface area (Å²) in [5.74, 6) is 2.16. The van der Waals surface area contributed by atoms with Crippen molar-refractivity contribution in [3.05, 3.63) is 155 Å². The molecule has 0 N–H and O–H groups in total. The molecule has 2 aliphatic carbocycles. The van der Waals surface area contributed by atoms with Crippen LogP contribution in [0.2, 0.25) is 0 Å². The maximum absolute atomic E-state index is 6.71. The molecule has 1 spiro atoms. The van der Waals surface area contributed by atoms with E-state index in [0.29, 0.717) is 0 Å². The molecule has 0 radical (unpaired) electrons. The molecule has 1 atom stereocenters. The van der Waals surface area contributed by atoms with E-state index in [1.807, 2.05) is 13.0 Å². The molecular weight excluding hydrogens is 462 g/mol. The molecule has 1 heterocycles. The summed E-state index contributed by atoms with van der Waals surface area (Å²) in [6.07, 6.45) is 9.59. The van der Waals surface area contributed by atoms with E-state index >= 15 is 0 Å². The molecule has 4 aromatic rings. The number of allylic oxidation sites excluding steroid dienone is 5. The molecule has 3 aliphatic rings. The van der Waals surface area contributed by atoms with Crippen LogP contribution in [0.4, 0.5) is 0 Å². The van der Waals surface area contributed by atoms with Crippen LogP contribution in [-0.4, -0.2) is 5.71 Å². The van der Waals surface area contributed by atoms with E-state index in [4.69, 9.17) is 9.73 Å². The summed E-state index contributed by atoms with van der Waals surface area (Å²) in [6.45, 7) is 4.12. The number of nitrogens with zero attached hydrogens (tertiary/aromatic N) is 1. The monoisotopic (exact) mass is 491 g/mol. The molecule has 0 fully saturated rings. The molecule has 0 aromatic heterocycles. The van der Waals surface area contributed by atoms with Crippen LogP contribution in [0.25, 0.3) is 16.8 Å². The Morgan fingerprint density at radius 3 is 2.21 bits per heavy atom. The minimum absolute atomic E-state index is 0.204. The second kappa shape index (κ2) is 8.85. The molecule has 38 heavy (non-hydrogen) atoms. The quantitative estimate of drug-likeness (QED) is 0.263. The van der Waals surface area contributed by atoms with Crippen molar-refractivity contribution in [2.24, 2.45) is 10.9 Å². The second-order valence-corrected chi connectivity index (χ2v) is 10.2. The van der Waals surface area contributed by atoms with Crippen LogP contribution < -0.4 is 4.74 Å². The van der Waals surface area contributed by atoms with Gasteiger partial charge in [-0.15, -0.1) is 0 Å². The van der Waals surface area contributed by atoms with Gasteiger partial charge < -0.3 is 4.74 Å². The number of fused-ring (bicyclic) bond motifs is 9. The minimum atomic E-state index is -0.296. The van der Waals surface area contributed by atoms with E-state index in [1.54, 1.807) is 0 Å². The van der Waals surface area contributed by atoms with Crippen LogP contribution in [0.5, 0.6) is 5.75 Å². The molecule has 184 valence electrons. The molecule has 1 aliphatic heterocycles. The minimum Gasteiger partial charge on any atom is -0.461 e. The van der Waals surface area contributed by atoms with Gasteiger partial charge in [0, 0.05) is 22.8 Å². The Labute approximate surface area is 224 Å². The summed E-state index contributed by atoms with van der Waals surface area (Å²) in [7, 11) is 0. The van der Waals surface area contributed by atoms with Crippen molar-refractivity contribution >= 4 is 11.4 Å². The van der Waals surface area contributed by atoms with Crippen LogP contribution in [0, 0.1) is 5.92 Å². The average Bonchev–Trinajstić information content (AvgIpc) is 3.27. The molecule has 2 heteroatoms. The molecule has 0 saturated heterocycles. The van der Waals surface area contributed by atoms with Crippen molar-refractivity contribution in [2.75, 3.05) is 0 Å². The lowest BCUT2D eigenvalue weighted by Crippen LogP contribution is -2.42. The van der Waals surface area contributed by atoms with Crippen molar-refractivity contribution < 1.29 is 4.74 Å². The first-order valence-corrected chi connectivity index (χ1v) is 13.4. The van der Waals surface area contributed by atoms with Crippen molar-refractivity contribution in [2.45, 2.75) is 25.7 Å². The number of rotatable bonds is 3. The summed E-state index contributed by atoms with van der Waals surface area (Å²) >= 11 is 0. The number of hydrogen-bond donors (Lipinski definition) is 0. The zero-order valence-electron chi connectivity index (χ0n) is 21.7. The van der Waals surface area contributed by atoms with Crippen molar-refractivity contribution in [3.63, 3.8) is 0 Å². The highest BCUT2D eigenvalue weighted by Gasteiger charge is 2.55. The van der Waals surface area contributed by atoms with Gasteiger partial charge in [-0.25, -0.2) is 0 Å². The van der Waals surface area contributed by atoms with Gasteiger partial charge in [-0.2, -0.15) is 0 Å². The fourth-order valence-electron chi connectivity index (χ4n) is 6.67. The molecule has 0 amide bonds. The van der Waals surface area contributed by atoms with Gasteiger partial charge in [0.2, 0.25) is 0 Å². The molecule has 4 aromatic carbocycles. The molecule has 2 nitrogen and oxygen atoms in total. The van der Waals surface area contributed by atoms with E-state index in [2.05, 4.69) is 122 Å². The molecule has 0 bridgehead atoms. The summed E-state index contributed by atoms with van der Waals surface area (Å²) < 4.78 is 6.71. The van der Waals surface area contributed by atoms with Gasteiger partial charge in [-0.1, -0.05) is 109 Å². The standard InChI is InChI=1S/C36H29NO/c1-3-33(37-24(2)25-13-5-4-6-14-25)26-21-22-32-35(23-26)38-34-20-12-11-19-31(34)36(32)29-17-9-7-15-27(29)28-16-8-10-18-30(28)36/h3-18,20-23,31H,19H2,1-2H3/b33-3+,37-24+. The Kier molecular flexibility index (Phi) is 5.30. The molecule has 7 rings (SSSR count). The first-order chi connectivity index (χ1) is 18.7. The van der Waals surface area contributed by atoms with Crippen LogP contribution >= 0.6 is 0 Å². The van der Waals surface area contributed by atoms with Gasteiger partial charge >= 0.3 is 0 Å². The van der Waals surface area contributed by atoms with Crippen LogP contribution in [-0.2, 0) is 5.41 Å². The summed E-state index contributed by atoms with van der Waals surface area (Å²) in [5.41, 5.74) is 10.4. The van der Waals surface area contributed by atoms with Crippen molar-refractivity contribution in [1.29, 1.82) is 0 Å². The Morgan fingerprint density at radius 1 is 0.816 bits per heavy atom. The van der Waals surface area contributed by atoms with E-state index < -0.39 is 0 Å². The Morgan fingerprint density at radius 2 is 1.50 bits per heavy atom. The zero-order chi connectivity index (χ0) is 25.7. The van der Waals surface area contributed by atoms with E-state index in [9.17, 15) is 0 Å². The van der Waals surface area contributed by atoms with Gasteiger partial charge in [-0.3, -0.25) is 4.99 Å². The van der Waals surface area contributed by atoms with Crippen LogP contribution in [0.15, 0.2) is 132 Å². The predicted molar refractivity (Wildman–Crippen MR) is 156 cm³/mol. The van der Waals surface area contributed by atoms with Crippen molar-refractivity contribution in [3.8, 4) is 16.9 Å². The van der Waals surface area contributed by atoms with Crippen LogP contribution in [0.1, 0.15) is 48.1 Å². The summed E-state index contributed by atoms with van der Waals surface area (Å²) in [5, 5.41) is 0. The first-order valence-electron chi connectivity index (χ1n) is 13.4. The lowest BCUT2D eigenvalue weighted by molar-refractivity contribution is 0.253. The number of hydrogen-bond acceptors (Lipinski definition) is 2. The largest absolute Gasteiger partial charge is 0.461 e. The smallest absolute Gasteiger partial charge is 0.132 e. The van der Waals surface area contributed by atoms with Crippen LogP contribution in [0.3, 0.4) is 0 Å². The zero-order valence-corrected chi connectivity index (χ0v) is 21.7. The first kappa shape index (κ1) is 22.7. The number of aliphatic imine (C=N–C) groups is 1. The van der Waals surface area contributed by atoms with Gasteiger partial charge in [0.1, 0.15) is 11.5 Å². The third kappa shape index (κ3) is 3.23. The maximum Gasteiger partial charge on any atom is 0.132 e. The second-order valence-electron chi connectivity index (χ2n) is 10.2. The SMILES string of the molecule is C/C=C(/N=C(\C)c1ccccc1)c1ccc2c(c1)OC1=CC=CCC1C21c2ccccc2-c2ccccc21. The normalized spacial score (nSPS) is 18.7. The molecular formula is C36H29NO. The van der Waals surface area contributed by atoms with Gasteiger partial charge in [-0.05, 0) is 60.2 Å². The number of benzene rings is 4. The third-order valence-electron chi connectivity index (χ3n) is 8.31. The van der Waals surface area contributed by atoms with Gasteiger partial charge in [0.05, 0.1) is 11.1 Å². The number of ether oxygens (including phenoxy) is 1. The Balaban J connectivity index is 1.44. The highest BCUT2D eigenvalue weighted by atomic mass is 16.5. The van der Waals surface area contributed by atoms with E-state index in [1.165, 1.54) is 27.8 Å². The lowest BCUT2D eigenvalue weighted by atomic mass is 9.60. The maximum atomic E-state index is 6.71. The third-order valence-corrected chi connectivity index (χ3v) is 8.31. The highest BCUT2D eigenvalue weighted by molar-refractivity contribution is 6.01. The topological polar surface area (TPSA) is 21.6 Å². The summed E-state index contributed by atoms with van der Waals surface area (Å²) in [4.78, 5) is 5.02. The van der Waals surface area contributed by atoms with E-state index in [0.717, 1.165) is 40.5 Å². The highest BCUT2D eigenvalue weighted by Crippen LogP contribution is 2.62. The van der Waals surface area contributed by atoms with E-state index in [-0.39, 0.29) is 11.3 Å².